The second-order valence-electron chi connectivity index (χ2n) is 4.22. The van der Waals surface area contributed by atoms with Gasteiger partial charge >= 0.3 is 0 Å². The molecule has 4 heteroatoms. The molecule has 0 bridgehead atoms. The molecule has 90 valence electrons. The van der Waals surface area contributed by atoms with Gasteiger partial charge in [0, 0.05) is 25.2 Å². The molecule has 1 aliphatic heterocycles. The molecule has 17 heavy (non-hydrogen) atoms. The van der Waals surface area contributed by atoms with Gasteiger partial charge in [0.25, 0.3) is 0 Å². The molecular formula is C13H15FN2O. The highest BCUT2D eigenvalue weighted by Crippen LogP contribution is 2.09. The van der Waals surface area contributed by atoms with Crippen LogP contribution in [0.15, 0.2) is 30.3 Å². The van der Waals surface area contributed by atoms with Gasteiger partial charge in [-0.15, -0.1) is 0 Å². The third kappa shape index (κ3) is 3.14. The van der Waals surface area contributed by atoms with Crippen molar-refractivity contribution in [3.8, 4) is 0 Å². The summed E-state index contributed by atoms with van der Waals surface area (Å²) in [6.07, 6.45) is 4.05. The number of likely N-dealkylation sites (tertiary alicyclic amines) is 1. The molecule has 0 aliphatic carbocycles. The molecule has 0 radical (unpaired) electrons. The van der Waals surface area contributed by atoms with Gasteiger partial charge in [-0.2, -0.15) is 0 Å². The van der Waals surface area contributed by atoms with Gasteiger partial charge < -0.3 is 10.6 Å². The van der Waals surface area contributed by atoms with Crippen LogP contribution >= 0.6 is 0 Å². The van der Waals surface area contributed by atoms with Crippen LogP contribution in [0.1, 0.15) is 12.0 Å². The molecule has 1 atom stereocenters. The maximum absolute atomic E-state index is 12.7. The lowest BCUT2D eigenvalue weighted by Crippen LogP contribution is -2.30. The molecule has 1 saturated heterocycles. The highest BCUT2D eigenvalue weighted by atomic mass is 19.1. The minimum Gasteiger partial charge on any atom is -0.338 e. The smallest absolute Gasteiger partial charge is 0.246 e. The Morgan fingerprint density at radius 1 is 1.41 bits per heavy atom. The SMILES string of the molecule is N[C@@H]1CCN(C(=O)/C=C/c2ccc(F)cc2)C1. The van der Waals surface area contributed by atoms with Crippen LogP contribution in [0.2, 0.25) is 0 Å². The van der Waals surface area contributed by atoms with Crippen LogP contribution < -0.4 is 5.73 Å². The number of benzene rings is 1. The van der Waals surface area contributed by atoms with Gasteiger partial charge in [-0.05, 0) is 30.2 Å². The van der Waals surface area contributed by atoms with Crippen molar-refractivity contribution in [3.63, 3.8) is 0 Å². The summed E-state index contributed by atoms with van der Waals surface area (Å²) >= 11 is 0. The summed E-state index contributed by atoms with van der Waals surface area (Å²) in [4.78, 5) is 13.5. The third-order valence-electron chi connectivity index (χ3n) is 2.82. The zero-order valence-electron chi connectivity index (χ0n) is 9.47. The Balaban J connectivity index is 1.96. The molecule has 0 unspecified atom stereocenters. The summed E-state index contributed by atoms with van der Waals surface area (Å²) in [7, 11) is 0. The number of rotatable bonds is 2. The highest BCUT2D eigenvalue weighted by molar-refractivity contribution is 5.92. The zero-order chi connectivity index (χ0) is 12.3. The maximum Gasteiger partial charge on any atom is 0.246 e. The summed E-state index contributed by atoms with van der Waals surface area (Å²) in [5, 5.41) is 0. The Morgan fingerprint density at radius 2 is 2.12 bits per heavy atom. The van der Waals surface area contributed by atoms with Crippen LogP contribution in [0.25, 0.3) is 6.08 Å². The van der Waals surface area contributed by atoms with Crippen LogP contribution in [0.3, 0.4) is 0 Å². The average Bonchev–Trinajstić information content (AvgIpc) is 2.75. The molecule has 1 amide bonds. The Hall–Kier alpha value is -1.68. The second kappa shape index (κ2) is 5.10. The topological polar surface area (TPSA) is 46.3 Å². The van der Waals surface area contributed by atoms with E-state index in [0.29, 0.717) is 13.1 Å². The number of carbonyl (C=O) groups excluding carboxylic acids is 1. The molecule has 1 aromatic rings. The normalized spacial score (nSPS) is 20.1. The fourth-order valence-corrected chi connectivity index (χ4v) is 1.83. The van der Waals surface area contributed by atoms with E-state index in [9.17, 15) is 9.18 Å². The van der Waals surface area contributed by atoms with Crippen molar-refractivity contribution in [1.29, 1.82) is 0 Å². The van der Waals surface area contributed by atoms with Crippen molar-refractivity contribution in [1.82, 2.24) is 4.90 Å². The van der Waals surface area contributed by atoms with Gasteiger partial charge in [-0.25, -0.2) is 4.39 Å². The van der Waals surface area contributed by atoms with E-state index in [2.05, 4.69) is 0 Å². The molecule has 3 nitrogen and oxygen atoms in total. The van der Waals surface area contributed by atoms with Crippen molar-refractivity contribution < 1.29 is 9.18 Å². The number of nitrogens with zero attached hydrogens (tertiary/aromatic N) is 1. The van der Waals surface area contributed by atoms with E-state index >= 15 is 0 Å². The quantitative estimate of drug-likeness (QED) is 0.786. The summed E-state index contributed by atoms with van der Waals surface area (Å²) in [5.41, 5.74) is 6.54. The second-order valence-corrected chi connectivity index (χ2v) is 4.22. The van der Waals surface area contributed by atoms with E-state index in [1.807, 2.05) is 0 Å². The lowest BCUT2D eigenvalue weighted by molar-refractivity contribution is -0.124. The maximum atomic E-state index is 12.7. The Labute approximate surface area is 99.7 Å². The highest BCUT2D eigenvalue weighted by Gasteiger charge is 2.21. The monoisotopic (exact) mass is 234 g/mol. The number of amides is 1. The molecule has 0 saturated carbocycles. The minimum absolute atomic E-state index is 0.0396. The van der Waals surface area contributed by atoms with Crippen LogP contribution in [-0.2, 0) is 4.79 Å². The van der Waals surface area contributed by atoms with Gasteiger partial charge in [0.05, 0.1) is 0 Å². The van der Waals surface area contributed by atoms with Crippen molar-refractivity contribution in [2.75, 3.05) is 13.1 Å². The first-order chi connectivity index (χ1) is 8.15. The Morgan fingerprint density at radius 3 is 2.71 bits per heavy atom. The largest absolute Gasteiger partial charge is 0.338 e. The van der Waals surface area contributed by atoms with Crippen LogP contribution in [0.4, 0.5) is 4.39 Å². The third-order valence-corrected chi connectivity index (χ3v) is 2.82. The molecular weight excluding hydrogens is 219 g/mol. The number of hydrogen-bond donors (Lipinski definition) is 1. The van der Waals surface area contributed by atoms with E-state index in [4.69, 9.17) is 5.73 Å². The fraction of sp³-hybridized carbons (Fsp3) is 0.308. The molecule has 2 rings (SSSR count). The average molecular weight is 234 g/mol. The predicted octanol–water partition coefficient (Wildman–Crippen LogP) is 1.40. The van der Waals surface area contributed by atoms with Gasteiger partial charge in [0.1, 0.15) is 5.82 Å². The first-order valence-corrected chi connectivity index (χ1v) is 5.63. The van der Waals surface area contributed by atoms with Gasteiger partial charge in [-0.3, -0.25) is 4.79 Å². The van der Waals surface area contributed by atoms with Crippen LogP contribution in [-0.4, -0.2) is 29.9 Å². The van der Waals surface area contributed by atoms with E-state index < -0.39 is 0 Å². The first-order valence-electron chi connectivity index (χ1n) is 5.63. The minimum atomic E-state index is -0.279. The lowest BCUT2D eigenvalue weighted by atomic mass is 10.2. The molecule has 1 fully saturated rings. The van der Waals surface area contributed by atoms with Gasteiger partial charge in [0.15, 0.2) is 0 Å². The van der Waals surface area contributed by atoms with E-state index in [-0.39, 0.29) is 17.8 Å². The Bertz CT molecular complexity index is 428. The number of nitrogens with two attached hydrogens (primary N) is 1. The van der Waals surface area contributed by atoms with Crippen molar-refractivity contribution in [2.24, 2.45) is 5.73 Å². The standard InChI is InChI=1S/C13H15FN2O/c14-11-4-1-10(2-5-11)3-6-13(17)16-8-7-12(15)9-16/h1-6,12H,7-9,15H2/b6-3+/t12-/m1/s1. The van der Waals surface area contributed by atoms with Crippen LogP contribution in [0, 0.1) is 5.82 Å². The van der Waals surface area contributed by atoms with E-state index in [1.54, 1.807) is 23.1 Å². The fourth-order valence-electron chi connectivity index (χ4n) is 1.83. The summed E-state index contributed by atoms with van der Waals surface area (Å²) in [5.74, 6) is -0.318. The zero-order valence-corrected chi connectivity index (χ0v) is 9.47. The summed E-state index contributed by atoms with van der Waals surface area (Å²) in [6.45, 7) is 1.33. The molecule has 2 N–H and O–H groups in total. The van der Waals surface area contributed by atoms with E-state index in [1.165, 1.54) is 18.2 Å². The predicted molar refractivity (Wildman–Crippen MR) is 64.6 cm³/mol. The summed E-state index contributed by atoms with van der Waals surface area (Å²) < 4.78 is 12.7. The van der Waals surface area contributed by atoms with Crippen LogP contribution in [0.5, 0.6) is 0 Å². The van der Waals surface area contributed by atoms with E-state index in [0.717, 1.165) is 12.0 Å². The molecule has 0 aromatic heterocycles. The Kier molecular flexibility index (Phi) is 3.54. The summed E-state index contributed by atoms with van der Waals surface area (Å²) in [6, 6.07) is 6.10. The van der Waals surface area contributed by atoms with Crippen molar-refractivity contribution >= 4 is 12.0 Å². The molecule has 1 aliphatic rings. The molecule has 1 heterocycles. The van der Waals surface area contributed by atoms with Crippen molar-refractivity contribution in [3.05, 3.63) is 41.7 Å². The molecule has 1 aromatic carbocycles. The van der Waals surface area contributed by atoms with Gasteiger partial charge in [0.2, 0.25) is 5.91 Å². The number of hydrogen-bond acceptors (Lipinski definition) is 2. The number of halogens is 1. The lowest BCUT2D eigenvalue weighted by Gasteiger charge is -2.12. The number of carbonyl (C=O) groups is 1. The van der Waals surface area contributed by atoms with Gasteiger partial charge in [-0.1, -0.05) is 12.1 Å². The first kappa shape index (κ1) is 11.8. The van der Waals surface area contributed by atoms with Crippen molar-refractivity contribution in [2.45, 2.75) is 12.5 Å². The molecule has 0 spiro atoms.